The van der Waals surface area contributed by atoms with Gasteiger partial charge in [-0.2, -0.15) is 0 Å². The molecule has 0 unspecified atom stereocenters. The van der Waals surface area contributed by atoms with Gasteiger partial charge in [-0.3, -0.25) is 9.69 Å². The topological polar surface area (TPSA) is 32.8 Å². The van der Waals surface area contributed by atoms with E-state index in [2.05, 4.69) is 0 Å². The summed E-state index contributed by atoms with van der Waals surface area (Å²) in [5, 5.41) is 0.468. The molecule has 4 rings (SSSR count). The van der Waals surface area contributed by atoms with E-state index < -0.39 is 0 Å². The Hall–Kier alpha value is -3.44. The second kappa shape index (κ2) is 8.29. The van der Waals surface area contributed by atoms with Crippen molar-refractivity contribution in [3.8, 4) is 5.75 Å². The zero-order valence-electron chi connectivity index (χ0n) is 16.0. The molecule has 144 valence electrons. The molecule has 0 spiro atoms. The fourth-order valence-electron chi connectivity index (χ4n) is 3.12. The maximum absolute atomic E-state index is 13.0. The Labute approximate surface area is 175 Å². The molecule has 1 aliphatic heterocycles. The first-order valence-electron chi connectivity index (χ1n) is 9.29. The van der Waals surface area contributed by atoms with Crippen LogP contribution in [0.25, 0.3) is 6.08 Å². The van der Waals surface area contributed by atoms with Gasteiger partial charge in [-0.25, -0.2) is 0 Å². The molecular formula is C24H20N2O2S. The van der Waals surface area contributed by atoms with Crippen molar-refractivity contribution in [3.05, 3.63) is 102 Å². The number of thiocarbonyl (C=S) groups is 1. The minimum Gasteiger partial charge on any atom is -0.489 e. The first kappa shape index (κ1) is 18.9. The Morgan fingerprint density at radius 2 is 1.52 bits per heavy atom. The van der Waals surface area contributed by atoms with E-state index in [4.69, 9.17) is 17.0 Å². The van der Waals surface area contributed by atoms with Crippen molar-refractivity contribution in [2.24, 2.45) is 0 Å². The molecule has 0 bridgehead atoms. The number of carbonyl (C=O) groups excluding carboxylic acids is 1. The minimum absolute atomic E-state index is 0.131. The molecule has 0 aliphatic carbocycles. The number of likely N-dealkylation sites (N-methyl/N-ethyl adjacent to an activating group) is 1. The van der Waals surface area contributed by atoms with Gasteiger partial charge < -0.3 is 9.64 Å². The highest BCUT2D eigenvalue weighted by molar-refractivity contribution is 7.80. The van der Waals surface area contributed by atoms with Crippen LogP contribution in [0.2, 0.25) is 0 Å². The fraction of sp³-hybridized carbons (Fsp3) is 0.0833. The molecule has 1 aliphatic rings. The van der Waals surface area contributed by atoms with Gasteiger partial charge in [0.05, 0.1) is 5.69 Å². The SMILES string of the molecule is CN1C(=S)N(c2ccccc2)C(=O)/C1=C/c1ccc(OCc2ccccc2)cc1. The van der Waals surface area contributed by atoms with E-state index >= 15 is 0 Å². The third kappa shape index (κ3) is 4.05. The Morgan fingerprint density at radius 1 is 0.897 bits per heavy atom. The molecule has 1 heterocycles. The van der Waals surface area contributed by atoms with Crippen LogP contribution in [0.5, 0.6) is 5.75 Å². The van der Waals surface area contributed by atoms with E-state index in [1.165, 1.54) is 0 Å². The Kier molecular flexibility index (Phi) is 5.40. The standard InChI is InChI=1S/C24H20N2O2S/c1-25-22(23(27)26(24(25)29)20-10-6-3-7-11-20)16-18-12-14-21(15-13-18)28-17-19-8-4-2-5-9-19/h2-16H,17H2,1H3/b22-16-. The number of nitrogens with zero attached hydrogens (tertiary/aromatic N) is 2. The summed E-state index contributed by atoms with van der Waals surface area (Å²) in [6.45, 7) is 0.517. The van der Waals surface area contributed by atoms with Crippen LogP contribution in [0.3, 0.4) is 0 Å². The van der Waals surface area contributed by atoms with Crippen LogP contribution in [-0.2, 0) is 11.4 Å². The van der Waals surface area contributed by atoms with Gasteiger partial charge in [0, 0.05) is 7.05 Å². The number of ether oxygens (including phenoxy) is 1. The lowest BCUT2D eigenvalue weighted by Crippen LogP contribution is -2.30. The summed E-state index contributed by atoms with van der Waals surface area (Å²) >= 11 is 5.49. The molecule has 1 saturated heterocycles. The lowest BCUT2D eigenvalue weighted by Gasteiger charge is -2.16. The van der Waals surface area contributed by atoms with Crippen molar-refractivity contribution in [2.75, 3.05) is 11.9 Å². The summed E-state index contributed by atoms with van der Waals surface area (Å²) in [6.07, 6.45) is 1.85. The molecule has 4 nitrogen and oxygen atoms in total. The van der Waals surface area contributed by atoms with Crippen LogP contribution in [0.4, 0.5) is 5.69 Å². The van der Waals surface area contributed by atoms with Gasteiger partial charge in [0.25, 0.3) is 5.91 Å². The molecular weight excluding hydrogens is 380 g/mol. The number of hydrogen-bond acceptors (Lipinski definition) is 3. The van der Waals surface area contributed by atoms with Crippen LogP contribution in [0, 0.1) is 0 Å². The number of amides is 1. The summed E-state index contributed by atoms with van der Waals surface area (Å²) in [7, 11) is 1.81. The first-order valence-corrected chi connectivity index (χ1v) is 9.70. The van der Waals surface area contributed by atoms with Gasteiger partial charge in [0.1, 0.15) is 18.1 Å². The molecule has 0 aromatic heterocycles. The molecule has 0 N–H and O–H groups in total. The van der Waals surface area contributed by atoms with E-state index in [9.17, 15) is 4.79 Å². The molecule has 0 saturated carbocycles. The fourth-order valence-corrected chi connectivity index (χ4v) is 3.41. The van der Waals surface area contributed by atoms with Crippen LogP contribution in [0.15, 0.2) is 90.6 Å². The molecule has 1 amide bonds. The Bertz CT molecular complexity index is 1050. The van der Waals surface area contributed by atoms with Gasteiger partial charge in [0.2, 0.25) is 0 Å². The molecule has 0 atom stereocenters. The number of anilines is 1. The first-order chi connectivity index (χ1) is 14.1. The molecule has 29 heavy (non-hydrogen) atoms. The summed E-state index contributed by atoms with van der Waals surface area (Å²) in [5.41, 5.74) is 3.33. The molecule has 5 heteroatoms. The van der Waals surface area contributed by atoms with Gasteiger partial charge in [-0.1, -0.05) is 60.7 Å². The van der Waals surface area contributed by atoms with Crippen molar-refractivity contribution >= 4 is 35.0 Å². The average Bonchev–Trinajstić information content (AvgIpc) is 2.98. The van der Waals surface area contributed by atoms with Gasteiger partial charge in [0.15, 0.2) is 5.11 Å². The van der Waals surface area contributed by atoms with Crippen molar-refractivity contribution < 1.29 is 9.53 Å². The van der Waals surface area contributed by atoms with E-state index in [1.54, 1.807) is 9.80 Å². The van der Waals surface area contributed by atoms with Crippen LogP contribution in [0.1, 0.15) is 11.1 Å². The summed E-state index contributed by atoms with van der Waals surface area (Å²) < 4.78 is 5.82. The van der Waals surface area contributed by atoms with Gasteiger partial charge >= 0.3 is 0 Å². The monoisotopic (exact) mass is 400 g/mol. The van der Waals surface area contributed by atoms with Crippen molar-refractivity contribution in [2.45, 2.75) is 6.61 Å². The molecule has 3 aromatic carbocycles. The molecule has 1 fully saturated rings. The smallest absolute Gasteiger partial charge is 0.281 e. The lowest BCUT2D eigenvalue weighted by molar-refractivity contribution is -0.114. The van der Waals surface area contributed by atoms with Crippen LogP contribution >= 0.6 is 12.2 Å². The summed E-state index contributed by atoms with van der Waals surface area (Å²) in [4.78, 5) is 16.3. The number of rotatable bonds is 5. The number of para-hydroxylation sites is 1. The quantitative estimate of drug-likeness (QED) is 0.452. The second-order valence-electron chi connectivity index (χ2n) is 6.69. The van der Waals surface area contributed by atoms with Crippen molar-refractivity contribution in [3.63, 3.8) is 0 Å². The zero-order chi connectivity index (χ0) is 20.2. The van der Waals surface area contributed by atoms with Gasteiger partial charge in [-0.05, 0) is 53.7 Å². The third-order valence-corrected chi connectivity index (χ3v) is 5.16. The largest absolute Gasteiger partial charge is 0.489 e. The molecule has 0 radical (unpaired) electrons. The van der Waals surface area contributed by atoms with Crippen molar-refractivity contribution in [1.29, 1.82) is 0 Å². The van der Waals surface area contributed by atoms with E-state index in [0.29, 0.717) is 17.4 Å². The predicted octanol–water partition coefficient (Wildman–Crippen LogP) is 4.87. The number of carbonyl (C=O) groups is 1. The highest BCUT2D eigenvalue weighted by atomic mass is 32.1. The summed E-state index contributed by atoms with van der Waals surface area (Å²) in [6, 6.07) is 27.1. The van der Waals surface area contributed by atoms with Gasteiger partial charge in [-0.15, -0.1) is 0 Å². The average molecular weight is 401 g/mol. The normalized spacial score (nSPS) is 15.3. The lowest BCUT2D eigenvalue weighted by atomic mass is 10.1. The highest BCUT2D eigenvalue weighted by Gasteiger charge is 2.36. The van der Waals surface area contributed by atoms with E-state index in [1.807, 2.05) is 98.1 Å². The van der Waals surface area contributed by atoms with E-state index in [-0.39, 0.29) is 5.91 Å². The van der Waals surface area contributed by atoms with Crippen molar-refractivity contribution in [1.82, 2.24) is 4.90 Å². The summed E-state index contributed by atoms with van der Waals surface area (Å²) in [5.74, 6) is 0.650. The number of hydrogen-bond donors (Lipinski definition) is 0. The van der Waals surface area contributed by atoms with E-state index in [0.717, 1.165) is 22.6 Å². The number of benzene rings is 3. The van der Waals surface area contributed by atoms with Crippen LogP contribution in [-0.4, -0.2) is 23.0 Å². The zero-order valence-corrected chi connectivity index (χ0v) is 16.8. The molecule has 3 aromatic rings. The minimum atomic E-state index is -0.131. The second-order valence-corrected chi connectivity index (χ2v) is 7.06. The Balaban J connectivity index is 1.50. The maximum Gasteiger partial charge on any atom is 0.281 e. The Morgan fingerprint density at radius 3 is 2.17 bits per heavy atom. The predicted molar refractivity (Wildman–Crippen MR) is 119 cm³/mol. The maximum atomic E-state index is 13.0. The third-order valence-electron chi connectivity index (χ3n) is 4.71. The van der Waals surface area contributed by atoms with Crippen LogP contribution < -0.4 is 9.64 Å². The highest BCUT2D eigenvalue weighted by Crippen LogP contribution is 2.28.